The van der Waals surface area contributed by atoms with Crippen LogP contribution in [0, 0.1) is 0 Å². The standard InChI is InChI=1S/C23H25ClO3S/c24-20-12-6-16(7-13-20)15-28-22(23(26)27)14-21(25)19-10-8-18(9-11-19)17-4-2-1-3-5-17/h6-13,17,22H,1-5,14-15H2,(H,26,27). The number of hydrogen-bond donors (Lipinski definition) is 1. The number of carboxylic acids is 1. The molecule has 1 aliphatic carbocycles. The maximum absolute atomic E-state index is 12.6. The van der Waals surface area contributed by atoms with E-state index >= 15 is 0 Å². The van der Waals surface area contributed by atoms with E-state index in [0.717, 1.165) is 5.56 Å². The second kappa shape index (κ2) is 10.1. The van der Waals surface area contributed by atoms with Crippen LogP contribution in [-0.4, -0.2) is 22.1 Å². The van der Waals surface area contributed by atoms with Crippen molar-refractivity contribution in [2.75, 3.05) is 0 Å². The summed E-state index contributed by atoms with van der Waals surface area (Å²) in [6.07, 6.45) is 6.30. The molecule has 28 heavy (non-hydrogen) atoms. The van der Waals surface area contributed by atoms with E-state index in [1.807, 2.05) is 36.4 Å². The maximum Gasteiger partial charge on any atom is 0.317 e. The van der Waals surface area contributed by atoms with Gasteiger partial charge in [-0.25, -0.2) is 0 Å². The van der Waals surface area contributed by atoms with Crippen molar-refractivity contribution in [3.05, 3.63) is 70.2 Å². The Labute approximate surface area is 175 Å². The summed E-state index contributed by atoms with van der Waals surface area (Å²) < 4.78 is 0. The van der Waals surface area contributed by atoms with E-state index in [1.54, 1.807) is 12.1 Å². The monoisotopic (exact) mass is 416 g/mol. The molecule has 1 N–H and O–H groups in total. The van der Waals surface area contributed by atoms with Crippen molar-refractivity contribution in [1.29, 1.82) is 0 Å². The first-order valence-corrected chi connectivity index (χ1v) is 11.2. The first-order chi connectivity index (χ1) is 13.5. The van der Waals surface area contributed by atoms with Crippen molar-refractivity contribution in [3.63, 3.8) is 0 Å². The number of halogens is 1. The predicted molar refractivity (Wildman–Crippen MR) is 115 cm³/mol. The zero-order chi connectivity index (χ0) is 19.9. The lowest BCUT2D eigenvalue weighted by molar-refractivity contribution is -0.136. The van der Waals surface area contributed by atoms with Crippen LogP contribution in [0.1, 0.15) is 65.9 Å². The molecule has 1 atom stereocenters. The van der Waals surface area contributed by atoms with Crippen LogP contribution >= 0.6 is 23.4 Å². The molecule has 5 heteroatoms. The van der Waals surface area contributed by atoms with E-state index in [0.29, 0.717) is 22.3 Å². The van der Waals surface area contributed by atoms with Crippen LogP contribution in [-0.2, 0) is 10.5 Å². The van der Waals surface area contributed by atoms with E-state index in [4.69, 9.17) is 11.6 Å². The summed E-state index contributed by atoms with van der Waals surface area (Å²) in [6.45, 7) is 0. The molecular formula is C23H25ClO3S. The minimum Gasteiger partial charge on any atom is -0.480 e. The molecule has 2 aromatic carbocycles. The van der Waals surface area contributed by atoms with Gasteiger partial charge in [-0.2, -0.15) is 0 Å². The Morgan fingerprint density at radius 3 is 2.25 bits per heavy atom. The SMILES string of the molecule is O=C(CC(SCc1ccc(Cl)cc1)C(=O)O)c1ccc(C2CCCCC2)cc1. The van der Waals surface area contributed by atoms with Gasteiger partial charge in [-0.1, -0.05) is 67.3 Å². The molecule has 3 nitrogen and oxygen atoms in total. The van der Waals surface area contributed by atoms with Gasteiger partial charge in [-0.05, 0) is 42.0 Å². The molecule has 1 aliphatic rings. The molecule has 148 valence electrons. The van der Waals surface area contributed by atoms with Gasteiger partial charge < -0.3 is 5.11 Å². The molecule has 0 aliphatic heterocycles. The van der Waals surface area contributed by atoms with Crippen molar-refractivity contribution in [2.24, 2.45) is 0 Å². The maximum atomic E-state index is 12.6. The van der Waals surface area contributed by atoms with E-state index in [2.05, 4.69) is 0 Å². The number of carboxylic acid groups (broad SMARTS) is 1. The number of carbonyl (C=O) groups excluding carboxylic acids is 1. The summed E-state index contributed by atoms with van der Waals surface area (Å²) in [5.74, 6) is 0.0547. The Morgan fingerprint density at radius 2 is 1.64 bits per heavy atom. The number of Topliss-reactive ketones (excluding diaryl/α,β-unsaturated/α-hetero) is 1. The summed E-state index contributed by atoms with van der Waals surface area (Å²) in [5.41, 5.74) is 2.88. The Balaban J connectivity index is 1.58. The average Bonchev–Trinajstić information content (AvgIpc) is 2.72. The Kier molecular flexibility index (Phi) is 7.57. The molecule has 0 bridgehead atoms. The average molecular weight is 417 g/mol. The second-order valence-corrected chi connectivity index (χ2v) is 8.98. The highest BCUT2D eigenvalue weighted by Crippen LogP contribution is 2.32. The Morgan fingerprint density at radius 1 is 1.00 bits per heavy atom. The molecule has 0 spiro atoms. The van der Waals surface area contributed by atoms with Crippen molar-refractivity contribution >= 4 is 35.1 Å². The molecular weight excluding hydrogens is 392 g/mol. The van der Waals surface area contributed by atoms with E-state index < -0.39 is 11.2 Å². The zero-order valence-electron chi connectivity index (χ0n) is 15.8. The third-order valence-corrected chi connectivity index (χ3v) is 6.84. The van der Waals surface area contributed by atoms with Crippen LogP contribution in [0.3, 0.4) is 0 Å². The van der Waals surface area contributed by atoms with Gasteiger partial charge in [-0.15, -0.1) is 11.8 Å². The molecule has 1 saturated carbocycles. The molecule has 0 heterocycles. The first kappa shape index (κ1) is 20.9. The molecule has 0 radical (unpaired) electrons. The third kappa shape index (κ3) is 5.86. The van der Waals surface area contributed by atoms with E-state index in [9.17, 15) is 14.7 Å². The number of carbonyl (C=O) groups is 2. The van der Waals surface area contributed by atoms with Gasteiger partial charge in [0.05, 0.1) is 0 Å². The number of ketones is 1. The summed E-state index contributed by atoms with van der Waals surface area (Å²) in [4.78, 5) is 24.2. The molecule has 0 saturated heterocycles. The van der Waals surface area contributed by atoms with Gasteiger partial charge in [0, 0.05) is 22.8 Å². The lowest BCUT2D eigenvalue weighted by atomic mass is 9.84. The minimum absolute atomic E-state index is 0.00361. The summed E-state index contributed by atoms with van der Waals surface area (Å²) in [6, 6.07) is 15.1. The molecule has 3 rings (SSSR count). The lowest BCUT2D eigenvalue weighted by Gasteiger charge is -2.22. The first-order valence-electron chi connectivity index (χ1n) is 9.75. The van der Waals surface area contributed by atoms with Gasteiger partial charge in [0.1, 0.15) is 5.25 Å². The molecule has 1 unspecified atom stereocenters. The number of aliphatic carboxylic acids is 1. The van der Waals surface area contributed by atoms with Crippen molar-refractivity contribution in [3.8, 4) is 0 Å². The number of rotatable bonds is 8. The molecule has 0 amide bonds. The van der Waals surface area contributed by atoms with Crippen LogP contribution in [0.25, 0.3) is 0 Å². The zero-order valence-corrected chi connectivity index (χ0v) is 17.3. The van der Waals surface area contributed by atoms with Crippen LogP contribution < -0.4 is 0 Å². The van der Waals surface area contributed by atoms with Gasteiger partial charge in [0.25, 0.3) is 0 Å². The number of hydrogen-bond acceptors (Lipinski definition) is 3. The van der Waals surface area contributed by atoms with Crippen LogP contribution in [0.4, 0.5) is 0 Å². The summed E-state index contributed by atoms with van der Waals surface area (Å²) in [7, 11) is 0. The fourth-order valence-corrected chi connectivity index (χ4v) is 4.78. The second-order valence-electron chi connectivity index (χ2n) is 7.35. The van der Waals surface area contributed by atoms with Gasteiger partial charge >= 0.3 is 5.97 Å². The van der Waals surface area contributed by atoms with Gasteiger partial charge in [0.15, 0.2) is 5.78 Å². The number of benzene rings is 2. The number of thioether (sulfide) groups is 1. The normalized spacial score (nSPS) is 15.9. The van der Waals surface area contributed by atoms with Crippen LogP contribution in [0.5, 0.6) is 0 Å². The van der Waals surface area contributed by atoms with Crippen LogP contribution in [0.2, 0.25) is 5.02 Å². The highest BCUT2D eigenvalue weighted by Gasteiger charge is 2.23. The summed E-state index contributed by atoms with van der Waals surface area (Å²) in [5, 5.41) is 9.40. The smallest absolute Gasteiger partial charge is 0.317 e. The topological polar surface area (TPSA) is 54.4 Å². The highest BCUT2D eigenvalue weighted by molar-refractivity contribution is 7.99. The molecule has 1 fully saturated rings. The largest absolute Gasteiger partial charge is 0.480 e. The molecule has 0 aromatic heterocycles. The van der Waals surface area contributed by atoms with Crippen molar-refractivity contribution in [1.82, 2.24) is 0 Å². The van der Waals surface area contributed by atoms with E-state index in [1.165, 1.54) is 49.4 Å². The van der Waals surface area contributed by atoms with Crippen molar-refractivity contribution < 1.29 is 14.7 Å². The highest BCUT2D eigenvalue weighted by atomic mass is 35.5. The third-order valence-electron chi connectivity index (χ3n) is 5.32. The predicted octanol–water partition coefficient (Wildman–Crippen LogP) is 6.35. The fourth-order valence-electron chi connectivity index (χ4n) is 3.66. The van der Waals surface area contributed by atoms with Gasteiger partial charge in [-0.3, -0.25) is 9.59 Å². The van der Waals surface area contributed by atoms with Crippen LogP contribution in [0.15, 0.2) is 48.5 Å². The lowest BCUT2D eigenvalue weighted by Crippen LogP contribution is -2.21. The fraction of sp³-hybridized carbons (Fsp3) is 0.391. The minimum atomic E-state index is -0.953. The van der Waals surface area contributed by atoms with Crippen molar-refractivity contribution in [2.45, 2.75) is 55.4 Å². The quantitative estimate of drug-likeness (QED) is 0.509. The Hall–Kier alpha value is -1.78. The summed E-state index contributed by atoms with van der Waals surface area (Å²) >= 11 is 7.15. The van der Waals surface area contributed by atoms with Gasteiger partial charge in [0.2, 0.25) is 0 Å². The Bertz CT molecular complexity index is 796. The van der Waals surface area contributed by atoms with E-state index in [-0.39, 0.29) is 12.2 Å². The molecule has 2 aromatic rings.